The predicted molar refractivity (Wildman–Crippen MR) is 266 cm³/mol. The number of carbonyl (C=O) groups is 2. The topological polar surface area (TPSA) is 201 Å². The molecule has 0 bridgehead atoms. The van der Waals surface area contributed by atoms with Crippen LogP contribution in [0.3, 0.4) is 0 Å². The van der Waals surface area contributed by atoms with Gasteiger partial charge in [0.25, 0.3) is 0 Å². The maximum absolute atomic E-state index is 12.7. The van der Waals surface area contributed by atoms with E-state index in [1.807, 2.05) is 63.5 Å². The van der Waals surface area contributed by atoms with Crippen molar-refractivity contribution in [2.45, 2.75) is 97.8 Å². The number of cyclic esters (lactones) is 1. The molecule has 0 aromatic carbocycles. The molecule has 20 nitrogen and oxygen atoms in total. The van der Waals surface area contributed by atoms with Gasteiger partial charge in [-0.1, -0.05) is 23.2 Å². The number of ether oxygens (including phenoxy) is 2. The van der Waals surface area contributed by atoms with Crippen LogP contribution < -0.4 is 21.3 Å². The number of piperidine rings is 1. The van der Waals surface area contributed by atoms with Crippen molar-refractivity contribution in [2.75, 3.05) is 114 Å². The zero-order valence-electron chi connectivity index (χ0n) is 40.9. The van der Waals surface area contributed by atoms with E-state index >= 15 is 0 Å². The van der Waals surface area contributed by atoms with E-state index in [4.69, 9.17) is 37.8 Å². The van der Waals surface area contributed by atoms with Crippen molar-refractivity contribution >= 4 is 70.1 Å². The van der Waals surface area contributed by atoms with E-state index in [0.717, 1.165) is 87.5 Å². The lowest BCUT2D eigenvalue weighted by molar-refractivity contribution is -0.139. The number of amides is 2. The normalized spacial score (nSPS) is 20.1. The minimum absolute atomic E-state index is 0.136. The number of hydrogen-bond donors (Lipinski definition) is 4. The lowest BCUT2D eigenvalue weighted by Gasteiger charge is -2.36. The van der Waals surface area contributed by atoms with Gasteiger partial charge in [-0.3, -0.25) is 14.2 Å². The number of hydrogen-bond acceptors (Lipinski definition) is 16. The van der Waals surface area contributed by atoms with Crippen LogP contribution in [-0.4, -0.2) is 169 Å². The zero-order chi connectivity index (χ0) is 48.6. The SMILES string of the molecule is Cc1nn(C2CCN(C)C2)cc1Nc1ncc(Cl)c(NCCCN2CCOCC(C)(C)C2=O)n1.Cc1nn(C2CCN(C)CC2)cc1Nc1ncc(Cl)c(NCCCN2CCC(C)(C)OC2=O)n1. The number of rotatable bonds is 16. The van der Waals surface area contributed by atoms with E-state index in [-0.39, 0.29) is 17.6 Å². The summed E-state index contributed by atoms with van der Waals surface area (Å²) < 4.78 is 15.1. The van der Waals surface area contributed by atoms with Crippen LogP contribution >= 0.6 is 23.2 Å². The van der Waals surface area contributed by atoms with E-state index in [1.54, 1.807) is 17.3 Å². The second kappa shape index (κ2) is 22.6. The van der Waals surface area contributed by atoms with Gasteiger partial charge < -0.3 is 50.3 Å². The van der Waals surface area contributed by atoms with Crippen LogP contribution in [0.15, 0.2) is 24.8 Å². The average molecular weight is 982 g/mol. The second-order valence-electron chi connectivity index (χ2n) is 19.6. The van der Waals surface area contributed by atoms with Crippen LogP contribution in [0.2, 0.25) is 10.0 Å². The molecule has 0 saturated carbocycles. The van der Waals surface area contributed by atoms with Gasteiger partial charge in [-0.15, -0.1) is 0 Å². The fraction of sp³-hybridized carbons (Fsp3) is 0.652. The van der Waals surface area contributed by atoms with Crippen molar-refractivity contribution < 1.29 is 19.1 Å². The van der Waals surface area contributed by atoms with Gasteiger partial charge in [-0.05, 0) is 107 Å². The molecule has 1 atom stereocenters. The van der Waals surface area contributed by atoms with Gasteiger partial charge in [-0.2, -0.15) is 20.2 Å². The minimum Gasteiger partial charge on any atom is -0.443 e. The van der Waals surface area contributed by atoms with E-state index < -0.39 is 5.41 Å². The average Bonchev–Trinajstić information content (AvgIpc) is 3.99. The van der Waals surface area contributed by atoms with Crippen LogP contribution in [0.4, 0.5) is 39.7 Å². The summed E-state index contributed by atoms with van der Waals surface area (Å²) in [5, 5.41) is 23.4. The van der Waals surface area contributed by atoms with Crippen LogP contribution in [0.1, 0.15) is 89.7 Å². The number of likely N-dealkylation sites (tertiary alicyclic amines) is 2. The first-order valence-corrected chi connectivity index (χ1v) is 24.6. The molecule has 1 unspecified atom stereocenters. The molecule has 4 aromatic heterocycles. The molecule has 8 rings (SSSR count). The highest BCUT2D eigenvalue weighted by Gasteiger charge is 2.35. The van der Waals surface area contributed by atoms with Crippen molar-refractivity contribution in [3.05, 3.63) is 46.2 Å². The van der Waals surface area contributed by atoms with Gasteiger partial charge in [0, 0.05) is 64.6 Å². The quantitative estimate of drug-likeness (QED) is 0.0835. The molecule has 4 aromatic rings. The molecule has 8 heterocycles. The maximum Gasteiger partial charge on any atom is 0.410 e. The Kier molecular flexibility index (Phi) is 16.9. The lowest BCUT2D eigenvalue weighted by atomic mass is 9.93. The number of aromatic nitrogens is 8. The third-order valence-electron chi connectivity index (χ3n) is 12.9. The first kappa shape index (κ1) is 50.8. The Bertz CT molecular complexity index is 2330. The molecule has 4 aliphatic heterocycles. The van der Waals surface area contributed by atoms with E-state index in [2.05, 4.69) is 74.9 Å². The van der Waals surface area contributed by atoms with Gasteiger partial charge in [0.05, 0.1) is 65.9 Å². The standard InChI is InChI=1S/2C23H35ClN8O2/c1-16-19(15-32(29-16)17-6-11-30(4)12-7-17)27-21-26-14-18(24)20(28-21)25-9-5-10-31-13-8-23(2,3)34-22(31)33;1-16-19(14-32(29-16)17-6-9-30(4)13-17)27-22-26-12-18(24)20(28-22)25-7-5-8-31-10-11-34-15-23(2,3)21(31)33/h14-15,17H,5-13H2,1-4H3,(H2,25,26,27,28);12,14,17H,5-11,13,15H2,1-4H3,(H2,25,26,27,28). The molecule has 0 spiro atoms. The smallest absolute Gasteiger partial charge is 0.410 e. The summed E-state index contributed by atoms with van der Waals surface area (Å²) in [4.78, 5) is 50.8. The number of nitrogens with one attached hydrogen (secondary N) is 4. The molecule has 0 radical (unpaired) electrons. The number of likely N-dealkylation sites (N-methyl/N-ethyl adjacent to an activating group) is 1. The van der Waals surface area contributed by atoms with Crippen molar-refractivity contribution in [2.24, 2.45) is 5.41 Å². The molecule has 0 aliphatic carbocycles. The Morgan fingerprint density at radius 3 is 1.79 bits per heavy atom. The monoisotopic (exact) mass is 981 g/mol. The highest BCUT2D eigenvalue weighted by Crippen LogP contribution is 2.29. The summed E-state index contributed by atoms with van der Waals surface area (Å²) in [7, 11) is 4.29. The number of nitrogens with zero attached hydrogens (tertiary/aromatic N) is 12. The first-order valence-electron chi connectivity index (χ1n) is 23.8. The molecule has 4 fully saturated rings. The largest absolute Gasteiger partial charge is 0.443 e. The summed E-state index contributed by atoms with van der Waals surface area (Å²) in [5.41, 5.74) is 2.71. The minimum atomic E-state index is -0.486. The van der Waals surface area contributed by atoms with Gasteiger partial charge in [0.2, 0.25) is 17.8 Å². The van der Waals surface area contributed by atoms with Crippen LogP contribution in [-0.2, 0) is 14.3 Å². The summed E-state index contributed by atoms with van der Waals surface area (Å²) >= 11 is 12.6. The Hall–Kier alpha value is -5.02. The van der Waals surface area contributed by atoms with Gasteiger partial charge in [0.15, 0.2) is 0 Å². The number of halogens is 2. The van der Waals surface area contributed by atoms with Gasteiger partial charge >= 0.3 is 6.09 Å². The summed E-state index contributed by atoms with van der Waals surface area (Å²) in [6.07, 6.45) is 12.6. The highest BCUT2D eigenvalue weighted by atomic mass is 35.5. The third-order valence-corrected chi connectivity index (χ3v) is 13.4. The Morgan fingerprint density at radius 1 is 0.721 bits per heavy atom. The first-order chi connectivity index (χ1) is 32.4. The van der Waals surface area contributed by atoms with Crippen LogP contribution in [0.25, 0.3) is 0 Å². The van der Waals surface area contributed by atoms with Gasteiger partial charge in [-0.25, -0.2) is 14.8 Å². The molecule has 372 valence electrons. The summed E-state index contributed by atoms with van der Waals surface area (Å²) in [6.45, 7) is 20.8. The molecule has 4 aliphatic rings. The van der Waals surface area contributed by atoms with Crippen LogP contribution in [0.5, 0.6) is 0 Å². The molecular weight excluding hydrogens is 912 g/mol. The van der Waals surface area contributed by atoms with Crippen molar-refractivity contribution in [1.82, 2.24) is 59.1 Å². The molecule has 68 heavy (non-hydrogen) atoms. The molecule has 2 amide bonds. The predicted octanol–water partition coefficient (Wildman–Crippen LogP) is 7.01. The number of aryl methyl sites for hydroxylation is 2. The fourth-order valence-electron chi connectivity index (χ4n) is 8.62. The lowest BCUT2D eigenvalue weighted by Crippen LogP contribution is -2.47. The molecule has 4 N–H and O–H groups in total. The van der Waals surface area contributed by atoms with Crippen molar-refractivity contribution in [3.8, 4) is 0 Å². The molecular formula is C46H70Cl2N16O4. The Balaban J connectivity index is 0.000000201. The third kappa shape index (κ3) is 13.6. The second-order valence-corrected chi connectivity index (χ2v) is 20.5. The Labute approximate surface area is 410 Å². The van der Waals surface area contributed by atoms with Crippen molar-refractivity contribution in [1.29, 1.82) is 0 Å². The van der Waals surface area contributed by atoms with E-state index in [1.165, 1.54) is 0 Å². The Morgan fingerprint density at radius 2 is 1.25 bits per heavy atom. The van der Waals surface area contributed by atoms with Crippen molar-refractivity contribution in [3.63, 3.8) is 0 Å². The molecule has 4 saturated heterocycles. The molecule has 22 heteroatoms. The number of carbonyl (C=O) groups excluding carboxylic acids is 2. The van der Waals surface area contributed by atoms with E-state index in [9.17, 15) is 9.59 Å². The van der Waals surface area contributed by atoms with E-state index in [0.29, 0.717) is 98.1 Å². The highest BCUT2D eigenvalue weighted by molar-refractivity contribution is 6.33. The number of anilines is 6. The summed E-state index contributed by atoms with van der Waals surface area (Å²) in [5.74, 6) is 2.17. The maximum atomic E-state index is 12.7. The van der Waals surface area contributed by atoms with Gasteiger partial charge in [0.1, 0.15) is 27.3 Å². The summed E-state index contributed by atoms with van der Waals surface area (Å²) in [6, 6.07) is 0.799. The zero-order valence-corrected chi connectivity index (χ0v) is 42.5. The van der Waals surface area contributed by atoms with Crippen LogP contribution in [0, 0.1) is 19.3 Å². The fourth-order valence-corrected chi connectivity index (χ4v) is 8.94.